The molecule has 3 aromatic rings. The van der Waals surface area contributed by atoms with Gasteiger partial charge in [0, 0.05) is 30.1 Å². The van der Waals surface area contributed by atoms with E-state index in [1.165, 1.54) is 6.92 Å². The van der Waals surface area contributed by atoms with Gasteiger partial charge in [0.05, 0.1) is 5.41 Å². The summed E-state index contributed by atoms with van der Waals surface area (Å²) < 4.78 is 28.3. The highest BCUT2D eigenvalue weighted by Crippen LogP contribution is 2.47. The van der Waals surface area contributed by atoms with Gasteiger partial charge in [0.15, 0.2) is 0 Å². The van der Waals surface area contributed by atoms with Gasteiger partial charge in [-0.2, -0.15) is 0 Å². The minimum atomic E-state index is -1.78. The lowest BCUT2D eigenvalue weighted by atomic mass is 9.79. The number of urea groups is 1. The zero-order chi connectivity index (χ0) is 29.1. The normalized spacial score (nSPS) is 22.8. The van der Waals surface area contributed by atoms with Crippen LogP contribution >= 0.6 is 0 Å². The number of pyridine rings is 1. The molecule has 0 bridgehead atoms. The molecule has 11 heteroatoms. The van der Waals surface area contributed by atoms with Crippen LogP contribution in [0.1, 0.15) is 42.5 Å². The van der Waals surface area contributed by atoms with Gasteiger partial charge in [0.25, 0.3) is 5.91 Å². The van der Waals surface area contributed by atoms with Crippen molar-refractivity contribution < 1.29 is 28.0 Å². The van der Waals surface area contributed by atoms with Crippen LogP contribution in [0.2, 0.25) is 0 Å². The van der Waals surface area contributed by atoms with E-state index in [4.69, 9.17) is 0 Å². The number of carbonyl (C=O) groups excluding carboxylic acids is 4. The molecule has 5 amide bonds. The molecule has 1 spiro atoms. The van der Waals surface area contributed by atoms with Gasteiger partial charge in [-0.1, -0.05) is 19.1 Å². The summed E-state index contributed by atoms with van der Waals surface area (Å²) in [5, 5.41) is 5.64. The second-order valence-electron chi connectivity index (χ2n) is 10.9. The van der Waals surface area contributed by atoms with E-state index in [-0.39, 0.29) is 18.0 Å². The van der Waals surface area contributed by atoms with Gasteiger partial charge < -0.3 is 10.6 Å². The molecule has 1 unspecified atom stereocenters. The first-order valence-electron chi connectivity index (χ1n) is 13.4. The van der Waals surface area contributed by atoms with Crippen LogP contribution in [0.4, 0.5) is 25.1 Å². The summed E-state index contributed by atoms with van der Waals surface area (Å²) in [5.74, 6) is -2.60. The highest BCUT2D eigenvalue weighted by molar-refractivity contribution is 6.09. The van der Waals surface area contributed by atoms with Gasteiger partial charge in [-0.15, -0.1) is 0 Å². The fraction of sp³-hybridized carbons (Fsp3) is 0.300. The molecule has 3 heterocycles. The Labute approximate surface area is 234 Å². The lowest BCUT2D eigenvalue weighted by Gasteiger charge is -2.31. The Morgan fingerprint density at radius 1 is 1.05 bits per heavy atom. The summed E-state index contributed by atoms with van der Waals surface area (Å²) in [5.41, 5.74) is 0.566. The molecule has 41 heavy (non-hydrogen) atoms. The lowest BCUT2D eigenvalue weighted by molar-refractivity contribution is -0.133. The fourth-order valence-corrected chi connectivity index (χ4v) is 6.25. The first kappa shape index (κ1) is 26.5. The molecule has 2 aliphatic heterocycles. The average molecular weight is 560 g/mol. The average Bonchev–Trinajstić information content (AvgIpc) is 3.50. The molecular formula is C30H27F2N5O4. The number of rotatable bonds is 6. The van der Waals surface area contributed by atoms with Crippen LogP contribution in [0.15, 0.2) is 54.7 Å². The van der Waals surface area contributed by atoms with Crippen LogP contribution in [0.5, 0.6) is 0 Å². The van der Waals surface area contributed by atoms with E-state index >= 15 is 0 Å². The molecule has 1 saturated heterocycles. The lowest BCUT2D eigenvalue weighted by Crippen LogP contribution is -2.47. The Morgan fingerprint density at radius 3 is 2.51 bits per heavy atom. The topological polar surface area (TPSA) is 112 Å². The molecular weight excluding hydrogens is 532 g/mol. The van der Waals surface area contributed by atoms with E-state index < -0.39 is 47.0 Å². The molecule has 2 N–H and O–H groups in total. The number of halogens is 2. The van der Waals surface area contributed by atoms with Gasteiger partial charge in [-0.3, -0.25) is 24.2 Å². The molecule has 1 fully saturated rings. The van der Waals surface area contributed by atoms with Gasteiger partial charge >= 0.3 is 6.03 Å². The van der Waals surface area contributed by atoms with E-state index in [0.717, 1.165) is 38.6 Å². The van der Waals surface area contributed by atoms with Crippen molar-refractivity contribution in [1.82, 2.24) is 14.8 Å². The van der Waals surface area contributed by atoms with Crippen molar-refractivity contribution in [2.24, 2.45) is 0 Å². The first-order chi connectivity index (χ1) is 19.6. The zero-order valence-corrected chi connectivity index (χ0v) is 22.5. The Morgan fingerprint density at radius 2 is 1.78 bits per heavy atom. The first-order valence-corrected chi connectivity index (χ1v) is 13.4. The van der Waals surface area contributed by atoms with Crippen LogP contribution in [-0.4, -0.2) is 51.6 Å². The van der Waals surface area contributed by atoms with Crippen molar-refractivity contribution in [3.8, 4) is 0 Å². The van der Waals surface area contributed by atoms with Crippen molar-refractivity contribution in [2.75, 3.05) is 23.7 Å². The number of aromatic nitrogens is 1. The molecule has 1 aliphatic carbocycles. The van der Waals surface area contributed by atoms with E-state index in [1.807, 2.05) is 12.1 Å². The van der Waals surface area contributed by atoms with Crippen LogP contribution in [0.25, 0.3) is 0 Å². The zero-order valence-electron chi connectivity index (χ0n) is 22.5. The van der Waals surface area contributed by atoms with Gasteiger partial charge in [0.2, 0.25) is 11.8 Å². The third-order valence-electron chi connectivity index (χ3n) is 8.30. The third kappa shape index (κ3) is 4.06. The predicted octanol–water partition coefficient (Wildman–Crippen LogP) is 3.88. The molecule has 210 valence electrons. The Hall–Kier alpha value is -4.67. The van der Waals surface area contributed by atoms with Gasteiger partial charge in [0.1, 0.15) is 29.5 Å². The number of hydrogen-bond donors (Lipinski definition) is 2. The number of amides is 5. The molecule has 1 aromatic heterocycles. The molecule has 9 nitrogen and oxygen atoms in total. The maximum Gasteiger partial charge on any atom is 0.328 e. The van der Waals surface area contributed by atoms with Crippen molar-refractivity contribution in [3.63, 3.8) is 0 Å². The second kappa shape index (κ2) is 9.46. The fourth-order valence-electron chi connectivity index (χ4n) is 6.25. The molecule has 2 atom stereocenters. The van der Waals surface area contributed by atoms with Crippen molar-refractivity contribution in [3.05, 3.63) is 88.6 Å². The van der Waals surface area contributed by atoms with Gasteiger partial charge in [-0.25, -0.2) is 18.6 Å². The number of fused-ring (bicyclic) bond motifs is 3. The number of anilines is 2. The van der Waals surface area contributed by atoms with Crippen LogP contribution in [0, 0.1) is 11.6 Å². The van der Waals surface area contributed by atoms with E-state index in [0.29, 0.717) is 36.8 Å². The number of nitrogens with zero attached hydrogens (tertiary/aromatic N) is 3. The van der Waals surface area contributed by atoms with E-state index in [2.05, 4.69) is 15.6 Å². The maximum atomic E-state index is 14.1. The van der Waals surface area contributed by atoms with Crippen LogP contribution in [0.3, 0.4) is 0 Å². The number of nitrogens with one attached hydrogen (secondary N) is 2. The molecule has 0 radical (unpaired) electrons. The molecule has 2 aromatic carbocycles. The molecule has 0 saturated carbocycles. The largest absolute Gasteiger partial charge is 0.328 e. The Bertz CT molecular complexity index is 1620. The summed E-state index contributed by atoms with van der Waals surface area (Å²) in [6.45, 7) is 2.75. The predicted molar refractivity (Wildman–Crippen MR) is 145 cm³/mol. The summed E-state index contributed by atoms with van der Waals surface area (Å²) in [7, 11) is 0. The van der Waals surface area contributed by atoms with Crippen molar-refractivity contribution in [2.45, 2.75) is 44.1 Å². The highest BCUT2D eigenvalue weighted by Gasteiger charge is 2.56. The third-order valence-corrected chi connectivity index (χ3v) is 8.30. The maximum absolute atomic E-state index is 14.1. The number of imide groups is 1. The van der Waals surface area contributed by atoms with Gasteiger partial charge in [-0.05, 0) is 73.2 Å². The number of benzene rings is 2. The summed E-state index contributed by atoms with van der Waals surface area (Å²) in [4.78, 5) is 59.3. The number of hydrogen-bond acceptors (Lipinski definition) is 5. The quantitative estimate of drug-likeness (QED) is 0.446. The smallest absolute Gasteiger partial charge is 0.325 e. The summed E-state index contributed by atoms with van der Waals surface area (Å²) in [6, 6.07) is 11.0. The minimum Gasteiger partial charge on any atom is -0.325 e. The van der Waals surface area contributed by atoms with Crippen molar-refractivity contribution >= 4 is 35.3 Å². The minimum absolute atomic E-state index is 0.0628. The summed E-state index contributed by atoms with van der Waals surface area (Å²) in [6.07, 6.45) is 3.04. The van der Waals surface area contributed by atoms with Crippen LogP contribution < -0.4 is 10.6 Å². The molecule has 3 aliphatic rings. The number of carbonyl (C=O) groups is 4. The molecule has 6 rings (SSSR count). The van der Waals surface area contributed by atoms with E-state index in [1.54, 1.807) is 31.3 Å². The Balaban J connectivity index is 1.25. The van der Waals surface area contributed by atoms with Crippen LogP contribution in [-0.2, 0) is 38.2 Å². The van der Waals surface area contributed by atoms with Crippen molar-refractivity contribution in [1.29, 1.82) is 0 Å². The summed E-state index contributed by atoms with van der Waals surface area (Å²) >= 11 is 0. The highest BCUT2D eigenvalue weighted by atomic mass is 19.1. The van der Waals surface area contributed by atoms with E-state index in [9.17, 15) is 28.0 Å². The second-order valence-corrected chi connectivity index (χ2v) is 10.9. The standard InChI is InChI=1S/C30H27F2N5O4/c1-3-9-36-27(40)29(2,19-11-20(31)13-21(32)12-19)37(28(36)41)16-24(38)34-22-7-6-17-14-30(15-18(17)10-22)23-5-4-8-33-25(23)35-26(30)39/h4-8,10-13H,3,9,14-16H2,1-2H3,(H,34,38)(H,33,35,39)/t29?,30-/m1/s1. The monoisotopic (exact) mass is 559 g/mol. The Kier molecular flexibility index (Phi) is 6.13. The SMILES string of the molecule is CCCN1C(=O)N(CC(=O)Nc2ccc3c(c2)C[C@@]2(C3)C(=O)Nc3ncccc32)C(C)(c2cc(F)cc(F)c2)C1=O.